The van der Waals surface area contributed by atoms with Gasteiger partial charge in [-0.15, -0.1) is 0 Å². The molecular weight excluding hydrogens is 396 g/mol. The Balaban J connectivity index is 1.34. The fourth-order valence-corrected chi connectivity index (χ4v) is 4.35. The summed E-state index contributed by atoms with van der Waals surface area (Å²) in [6.07, 6.45) is 2.71. The molecule has 1 unspecified atom stereocenters. The zero-order chi connectivity index (χ0) is 22.3. The Bertz CT molecular complexity index is 987. The summed E-state index contributed by atoms with van der Waals surface area (Å²) in [5, 5.41) is 0. The standard InChI is InChI=1S/C28H32N2O2/c1-22(23-11-4-3-5-12-23)21-32-28(31)29(2)19-10-20-30-26-15-8-6-13-24(26)17-18-25-14-7-9-16-27(25)30/h3-9,11-16,22H,10,17-21H2,1-2H3. The van der Waals surface area contributed by atoms with Crippen LogP contribution in [0.1, 0.15) is 36.0 Å². The van der Waals surface area contributed by atoms with Crippen LogP contribution in [-0.2, 0) is 17.6 Å². The minimum absolute atomic E-state index is 0.179. The van der Waals surface area contributed by atoms with Gasteiger partial charge in [-0.1, -0.05) is 73.7 Å². The number of para-hydroxylation sites is 2. The molecule has 166 valence electrons. The Kier molecular flexibility index (Phi) is 7.10. The Morgan fingerprint density at radius 1 is 0.906 bits per heavy atom. The molecule has 0 radical (unpaired) electrons. The molecule has 1 aliphatic heterocycles. The number of amides is 1. The second-order valence-corrected chi connectivity index (χ2v) is 8.57. The van der Waals surface area contributed by atoms with Crippen LogP contribution in [0.5, 0.6) is 0 Å². The molecule has 1 heterocycles. The third-order valence-electron chi connectivity index (χ3n) is 6.24. The summed E-state index contributed by atoms with van der Waals surface area (Å²) in [6, 6.07) is 27.5. The average molecular weight is 429 g/mol. The van der Waals surface area contributed by atoms with Crippen LogP contribution in [0.15, 0.2) is 78.9 Å². The van der Waals surface area contributed by atoms with Gasteiger partial charge < -0.3 is 14.5 Å². The first-order valence-corrected chi connectivity index (χ1v) is 11.5. The number of fused-ring (bicyclic) bond motifs is 2. The van der Waals surface area contributed by atoms with Crippen LogP contribution in [-0.4, -0.2) is 37.7 Å². The molecule has 32 heavy (non-hydrogen) atoms. The number of hydrogen-bond acceptors (Lipinski definition) is 3. The highest BCUT2D eigenvalue weighted by atomic mass is 16.6. The van der Waals surface area contributed by atoms with Gasteiger partial charge in [-0.25, -0.2) is 4.79 Å². The Hall–Kier alpha value is -3.27. The molecule has 3 aromatic carbocycles. The number of anilines is 2. The number of benzene rings is 3. The van der Waals surface area contributed by atoms with Crippen molar-refractivity contribution in [2.75, 3.05) is 31.6 Å². The minimum Gasteiger partial charge on any atom is -0.449 e. The van der Waals surface area contributed by atoms with Gasteiger partial charge in [0.05, 0.1) is 6.61 Å². The molecule has 0 saturated heterocycles. The zero-order valence-corrected chi connectivity index (χ0v) is 19.0. The normalized spacial score (nSPS) is 13.5. The molecule has 3 aromatic rings. The summed E-state index contributed by atoms with van der Waals surface area (Å²) >= 11 is 0. The van der Waals surface area contributed by atoms with E-state index < -0.39 is 0 Å². The summed E-state index contributed by atoms with van der Waals surface area (Å²) < 4.78 is 5.57. The van der Waals surface area contributed by atoms with E-state index in [1.807, 2.05) is 25.2 Å². The molecular formula is C28H32N2O2. The third kappa shape index (κ3) is 5.13. The quantitative estimate of drug-likeness (QED) is 0.450. The number of ether oxygens (including phenoxy) is 1. The maximum Gasteiger partial charge on any atom is 0.409 e. The van der Waals surface area contributed by atoms with Crippen LogP contribution in [0.25, 0.3) is 0 Å². The molecule has 0 bridgehead atoms. The summed E-state index contributed by atoms with van der Waals surface area (Å²) in [4.78, 5) is 16.6. The van der Waals surface area contributed by atoms with Crippen molar-refractivity contribution in [3.63, 3.8) is 0 Å². The number of carbonyl (C=O) groups excluding carboxylic acids is 1. The first-order valence-electron chi connectivity index (χ1n) is 11.5. The van der Waals surface area contributed by atoms with Gasteiger partial charge in [0.15, 0.2) is 0 Å². The van der Waals surface area contributed by atoms with E-state index in [2.05, 4.69) is 72.5 Å². The van der Waals surface area contributed by atoms with E-state index in [1.165, 1.54) is 28.1 Å². The molecule has 0 aliphatic carbocycles. The van der Waals surface area contributed by atoms with Crippen LogP contribution < -0.4 is 4.90 Å². The molecule has 0 aromatic heterocycles. The van der Waals surface area contributed by atoms with Gasteiger partial charge in [-0.2, -0.15) is 0 Å². The van der Waals surface area contributed by atoms with Crippen molar-refractivity contribution in [3.05, 3.63) is 95.6 Å². The molecule has 1 aliphatic rings. The van der Waals surface area contributed by atoms with E-state index in [4.69, 9.17) is 4.74 Å². The van der Waals surface area contributed by atoms with Gasteiger partial charge in [0.2, 0.25) is 0 Å². The maximum atomic E-state index is 12.5. The highest BCUT2D eigenvalue weighted by Crippen LogP contribution is 2.35. The van der Waals surface area contributed by atoms with Gasteiger partial charge in [0.1, 0.15) is 0 Å². The Morgan fingerprint density at radius 3 is 2.09 bits per heavy atom. The first kappa shape index (κ1) is 21.9. The zero-order valence-electron chi connectivity index (χ0n) is 19.0. The number of nitrogens with zero attached hydrogens (tertiary/aromatic N) is 2. The van der Waals surface area contributed by atoms with Crippen LogP contribution in [0, 0.1) is 0 Å². The fourth-order valence-electron chi connectivity index (χ4n) is 4.35. The van der Waals surface area contributed by atoms with Crippen molar-refractivity contribution < 1.29 is 9.53 Å². The number of hydrogen-bond donors (Lipinski definition) is 0. The molecule has 4 heteroatoms. The fraction of sp³-hybridized carbons (Fsp3) is 0.321. The van der Waals surface area contributed by atoms with Crippen molar-refractivity contribution in [1.29, 1.82) is 0 Å². The minimum atomic E-state index is -0.260. The Labute approximate surface area is 191 Å². The second-order valence-electron chi connectivity index (χ2n) is 8.57. The van der Waals surface area contributed by atoms with Gasteiger partial charge in [-0.3, -0.25) is 0 Å². The van der Waals surface area contributed by atoms with Gasteiger partial charge in [0, 0.05) is 37.4 Å². The van der Waals surface area contributed by atoms with Crippen LogP contribution in [0.4, 0.5) is 16.2 Å². The van der Waals surface area contributed by atoms with E-state index in [9.17, 15) is 4.79 Å². The van der Waals surface area contributed by atoms with Crippen molar-refractivity contribution in [1.82, 2.24) is 4.90 Å². The van der Waals surface area contributed by atoms with E-state index in [0.717, 1.165) is 25.8 Å². The van der Waals surface area contributed by atoms with Gasteiger partial charge in [-0.05, 0) is 48.1 Å². The molecule has 0 N–H and O–H groups in total. The smallest absolute Gasteiger partial charge is 0.409 e. The molecule has 4 nitrogen and oxygen atoms in total. The molecule has 0 spiro atoms. The lowest BCUT2D eigenvalue weighted by atomic mass is 10.0. The lowest BCUT2D eigenvalue weighted by Gasteiger charge is -2.28. The molecule has 4 rings (SSSR count). The van der Waals surface area contributed by atoms with Crippen molar-refractivity contribution in [3.8, 4) is 0 Å². The topological polar surface area (TPSA) is 32.8 Å². The number of carbonyl (C=O) groups is 1. The van der Waals surface area contributed by atoms with Crippen molar-refractivity contribution >= 4 is 17.5 Å². The SMILES string of the molecule is CC(COC(=O)N(C)CCCN1c2ccccc2CCc2ccccc21)c1ccccc1. The van der Waals surface area contributed by atoms with Crippen LogP contribution in [0.3, 0.4) is 0 Å². The lowest BCUT2D eigenvalue weighted by molar-refractivity contribution is 0.106. The highest BCUT2D eigenvalue weighted by molar-refractivity contribution is 5.71. The maximum absolute atomic E-state index is 12.5. The van der Waals surface area contributed by atoms with E-state index >= 15 is 0 Å². The largest absolute Gasteiger partial charge is 0.449 e. The van der Waals surface area contributed by atoms with Crippen molar-refractivity contribution in [2.24, 2.45) is 0 Å². The predicted octanol–water partition coefficient (Wildman–Crippen LogP) is 6.19. The summed E-state index contributed by atoms with van der Waals surface area (Å²) in [5.41, 5.74) is 6.50. The second kappa shape index (κ2) is 10.4. The monoisotopic (exact) mass is 428 g/mol. The van der Waals surface area contributed by atoms with Crippen molar-refractivity contribution in [2.45, 2.75) is 32.1 Å². The number of rotatable bonds is 7. The summed E-state index contributed by atoms with van der Waals surface area (Å²) in [6.45, 7) is 3.97. The summed E-state index contributed by atoms with van der Waals surface area (Å²) in [7, 11) is 1.82. The first-order chi connectivity index (χ1) is 15.6. The predicted molar refractivity (Wildman–Crippen MR) is 131 cm³/mol. The molecule has 1 atom stereocenters. The van der Waals surface area contributed by atoms with E-state index in [1.54, 1.807) is 4.90 Å². The average Bonchev–Trinajstić information content (AvgIpc) is 3.00. The van der Waals surface area contributed by atoms with Gasteiger partial charge >= 0.3 is 6.09 Å². The van der Waals surface area contributed by atoms with E-state index in [0.29, 0.717) is 13.2 Å². The van der Waals surface area contributed by atoms with Gasteiger partial charge in [0.25, 0.3) is 0 Å². The third-order valence-corrected chi connectivity index (χ3v) is 6.24. The molecule has 0 saturated carbocycles. The van der Waals surface area contributed by atoms with Crippen LogP contribution in [0.2, 0.25) is 0 Å². The number of aryl methyl sites for hydroxylation is 2. The molecule has 0 fully saturated rings. The highest BCUT2D eigenvalue weighted by Gasteiger charge is 2.20. The summed E-state index contributed by atoms with van der Waals surface area (Å²) in [5.74, 6) is 0.179. The lowest BCUT2D eigenvalue weighted by Crippen LogP contribution is -2.31. The molecule has 1 amide bonds. The van der Waals surface area contributed by atoms with Crippen LogP contribution >= 0.6 is 0 Å². The van der Waals surface area contributed by atoms with E-state index in [-0.39, 0.29) is 12.0 Å². The Morgan fingerprint density at radius 2 is 1.47 bits per heavy atom.